The number of hydrogen-bond acceptors (Lipinski definition) is 2. The van der Waals surface area contributed by atoms with Crippen LogP contribution in [0.5, 0.6) is 0 Å². The summed E-state index contributed by atoms with van der Waals surface area (Å²) in [7, 11) is 0. The number of imidazole rings is 1. The van der Waals surface area contributed by atoms with Gasteiger partial charge < -0.3 is 9.88 Å². The molecule has 1 N–H and O–H groups in total. The summed E-state index contributed by atoms with van der Waals surface area (Å²) in [6, 6.07) is 0.393. The Kier molecular flexibility index (Phi) is 4.82. The van der Waals surface area contributed by atoms with Gasteiger partial charge in [0.25, 0.3) is 0 Å². The number of aryl methyl sites for hydroxylation is 1. The highest BCUT2D eigenvalue weighted by atomic mass is 15.1. The van der Waals surface area contributed by atoms with E-state index in [1.807, 2.05) is 6.20 Å². The highest BCUT2D eigenvalue weighted by Crippen LogP contribution is 2.19. The number of nitrogens with one attached hydrogen (secondary N) is 1. The predicted octanol–water partition coefficient (Wildman–Crippen LogP) is 2.60. The number of hydrogen-bond donors (Lipinski definition) is 1. The first-order valence-electron chi connectivity index (χ1n) is 5.93. The first-order chi connectivity index (χ1) is 7.19. The lowest BCUT2D eigenvalue weighted by Gasteiger charge is -2.20. The number of nitrogens with zero attached hydrogens (tertiary/aromatic N) is 2. The topological polar surface area (TPSA) is 29.9 Å². The van der Waals surface area contributed by atoms with Crippen molar-refractivity contribution in [3.05, 3.63) is 18.2 Å². The molecule has 1 aromatic heterocycles. The minimum Gasteiger partial charge on any atom is -0.334 e. The largest absolute Gasteiger partial charge is 0.334 e. The molecule has 0 spiro atoms. The van der Waals surface area contributed by atoms with Crippen molar-refractivity contribution in [3.8, 4) is 0 Å². The summed E-state index contributed by atoms with van der Waals surface area (Å²) < 4.78 is 2.22. The van der Waals surface area contributed by atoms with Crippen LogP contribution in [-0.4, -0.2) is 16.1 Å². The Morgan fingerprint density at radius 3 is 2.67 bits per heavy atom. The molecule has 0 aliphatic carbocycles. The lowest BCUT2D eigenvalue weighted by atomic mass is 10.0. The molecule has 0 aliphatic rings. The molecule has 0 saturated heterocycles. The van der Waals surface area contributed by atoms with Crippen molar-refractivity contribution in [2.75, 3.05) is 6.54 Å². The molecule has 1 aromatic rings. The van der Waals surface area contributed by atoms with Gasteiger partial charge in [0, 0.05) is 18.9 Å². The monoisotopic (exact) mass is 209 g/mol. The molecule has 0 saturated carbocycles. The average molecular weight is 209 g/mol. The summed E-state index contributed by atoms with van der Waals surface area (Å²) in [5, 5.41) is 3.51. The van der Waals surface area contributed by atoms with Crippen LogP contribution in [0.2, 0.25) is 0 Å². The second-order valence-electron chi connectivity index (χ2n) is 4.31. The minimum absolute atomic E-state index is 0.393. The summed E-state index contributed by atoms with van der Waals surface area (Å²) in [5.41, 5.74) is 0. The van der Waals surface area contributed by atoms with Gasteiger partial charge in [-0.3, -0.25) is 0 Å². The van der Waals surface area contributed by atoms with E-state index < -0.39 is 0 Å². The summed E-state index contributed by atoms with van der Waals surface area (Å²) >= 11 is 0. The first kappa shape index (κ1) is 12.2. The Morgan fingerprint density at radius 2 is 2.13 bits per heavy atom. The molecular weight excluding hydrogens is 186 g/mol. The molecule has 1 atom stereocenters. The fourth-order valence-corrected chi connectivity index (χ4v) is 1.90. The van der Waals surface area contributed by atoms with Crippen molar-refractivity contribution in [1.82, 2.24) is 14.9 Å². The van der Waals surface area contributed by atoms with Crippen LogP contribution in [-0.2, 0) is 6.54 Å². The van der Waals surface area contributed by atoms with Crippen LogP contribution in [0.3, 0.4) is 0 Å². The van der Waals surface area contributed by atoms with Gasteiger partial charge in [-0.05, 0) is 25.8 Å². The smallest absolute Gasteiger partial charge is 0.125 e. The summed E-state index contributed by atoms with van der Waals surface area (Å²) in [4.78, 5) is 4.46. The molecule has 86 valence electrons. The van der Waals surface area contributed by atoms with E-state index in [0.29, 0.717) is 12.0 Å². The molecule has 0 bridgehead atoms. The van der Waals surface area contributed by atoms with Crippen LogP contribution in [0.1, 0.15) is 46.0 Å². The normalized spacial score (nSPS) is 13.4. The van der Waals surface area contributed by atoms with Crippen LogP contribution in [0.4, 0.5) is 0 Å². The molecule has 0 aliphatic heterocycles. The van der Waals surface area contributed by atoms with Gasteiger partial charge in [-0.15, -0.1) is 0 Å². The van der Waals surface area contributed by atoms with Gasteiger partial charge in [0.05, 0.1) is 6.04 Å². The van der Waals surface area contributed by atoms with Crippen LogP contribution >= 0.6 is 0 Å². The van der Waals surface area contributed by atoms with Gasteiger partial charge in [0.15, 0.2) is 0 Å². The fourth-order valence-electron chi connectivity index (χ4n) is 1.90. The Morgan fingerprint density at radius 1 is 1.40 bits per heavy atom. The molecule has 1 heterocycles. The maximum absolute atomic E-state index is 4.46. The lowest BCUT2D eigenvalue weighted by Crippen LogP contribution is -2.25. The number of rotatable bonds is 6. The average Bonchev–Trinajstić information content (AvgIpc) is 2.64. The quantitative estimate of drug-likeness (QED) is 0.780. The molecule has 3 nitrogen and oxygen atoms in total. The lowest BCUT2D eigenvalue weighted by molar-refractivity contribution is 0.410. The fraction of sp³-hybridized carbons (Fsp3) is 0.750. The molecule has 0 amide bonds. The summed E-state index contributed by atoms with van der Waals surface area (Å²) in [6.07, 6.45) is 5.09. The van der Waals surface area contributed by atoms with Gasteiger partial charge in [0.1, 0.15) is 5.82 Å². The van der Waals surface area contributed by atoms with E-state index in [1.54, 1.807) is 0 Å². The van der Waals surface area contributed by atoms with E-state index in [2.05, 4.69) is 48.8 Å². The third-order valence-corrected chi connectivity index (χ3v) is 2.56. The molecule has 0 fully saturated rings. The standard InChI is InChI=1S/C12H23N3/c1-5-13-11(9-10(3)4)12-14-7-8-15(12)6-2/h7-8,10-11,13H,5-6,9H2,1-4H3. The minimum atomic E-state index is 0.393. The molecule has 0 aromatic carbocycles. The Balaban J connectivity index is 2.78. The second-order valence-corrected chi connectivity index (χ2v) is 4.31. The van der Waals surface area contributed by atoms with Crippen molar-refractivity contribution in [2.24, 2.45) is 5.92 Å². The van der Waals surface area contributed by atoms with Crippen LogP contribution in [0.25, 0.3) is 0 Å². The molecule has 15 heavy (non-hydrogen) atoms. The highest BCUT2D eigenvalue weighted by molar-refractivity contribution is 4.99. The van der Waals surface area contributed by atoms with Gasteiger partial charge in [0.2, 0.25) is 0 Å². The van der Waals surface area contributed by atoms with E-state index in [0.717, 1.165) is 19.5 Å². The van der Waals surface area contributed by atoms with Crippen LogP contribution < -0.4 is 5.32 Å². The third-order valence-electron chi connectivity index (χ3n) is 2.56. The van der Waals surface area contributed by atoms with Crippen molar-refractivity contribution < 1.29 is 0 Å². The van der Waals surface area contributed by atoms with E-state index in [1.165, 1.54) is 5.82 Å². The first-order valence-corrected chi connectivity index (χ1v) is 5.93. The summed E-state index contributed by atoms with van der Waals surface area (Å²) in [5.74, 6) is 1.86. The Labute approximate surface area is 92.9 Å². The van der Waals surface area contributed by atoms with Gasteiger partial charge >= 0.3 is 0 Å². The molecular formula is C12H23N3. The second kappa shape index (κ2) is 5.91. The van der Waals surface area contributed by atoms with Gasteiger partial charge in [-0.1, -0.05) is 20.8 Å². The zero-order valence-electron chi connectivity index (χ0n) is 10.3. The number of aromatic nitrogens is 2. The highest BCUT2D eigenvalue weighted by Gasteiger charge is 2.16. The van der Waals surface area contributed by atoms with E-state index >= 15 is 0 Å². The van der Waals surface area contributed by atoms with Crippen molar-refractivity contribution >= 4 is 0 Å². The van der Waals surface area contributed by atoms with E-state index in [9.17, 15) is 0 Å². The molecule has 3 heteroatoms. The maximum Gasteiger partial charge on any atom is 0.125 e. The van der Waals surface area contributed by atoms with Crippen LogP contribution in [0.15, 0.2) is 12.4 Å². The van der Waals surface area contributed by atoms with Crippen LogP contribution in [0, 0.1) is 5.92 Å². The summed E-state index contributed by atoms with van der Waals surface area (Å²) in [6.45, 7) is 10.8. The van der Waals surface area contributed by atoms with Gasteiger partial charge in [-0.25, -0.2) is 4.98 Å². The molecule has 1 unspecified atom stereocenters. The van der Waals surface area contributed by atoms with E-state index in [4.69, 9.17) is 0 Å². The van der Waals surface area contributed by atoms with E-state index in [-0.39, 0.29) is 0 Å². The van der Waals surface area contributed by atoms with Crippen molar-refractivity contribution in [3.63, 3.8) is 0 Å². The SMILES string of the molecule is CCNC(CC(C)C)c1nccn1CC. The van der Waals surface area contributed by atoms with Gasteiger partial charge in [-0.2, -0.15) is 0 Å². The zero-order chi connectivity index (χ0) is 11.3. The van der Waals surface area contributed by atoms with Crippen molar-refractivity contribution in [1.29, 1.82) is 0 Å². The third kappa shape index (κ3) is 3.34. The molecule has 0 radical (unpaired) electrons. The Bertz CT molecular complexity index is 278. The maximum atomic E-state index is 4.46. The Hall–Kier alpha value is -0.830. The van der Waals surface area contributed by atoms with Crippen molar-refractivity contribution in [2.45, 2.75) is 46.7 Å². The zero-order valence-corrected chi connectivity index (χ0v) is 10.3. The molecule has 1 rings (SSSR count). The predicted molar refractivity (Wildman–Crippen MR) is 63.8 cm³/mol.